The van der Waals surface area contributed by atoms with Gasteiger partial charge in [0.1, 0.15) is 5.82 Å². The highest BCUT2D eigenvalue weighted by atomic mass is 35.5. The van der Waals surface area contributed by atoms with Crippen molar-refractivity contribution in [2.24, 2.45) is 5.92 Å². The zero-order chi connectivity index (χ0) is 19.4. The van der Waals surface area contributed by atoms with Gasteiger partial charge in [0, 0.05) is 37.5 Å². The lowest BCUT2D eigenvalue weighted by Crippen LogP contribution is -2.29. The Kier molecular flexibility index (Phi) is 6.08. The first-order chi connectivity index (χ1) is 13.0. The fraction of sp³-hybridized carbons (Fsp3) is 0.263. The number of hydrogen-bond acceptors (Lipinski definition) is 4. The van der Waals surface area contributed by atoms with Crippen LogP contribution in [0.2, 0.25) is 10.0 Å². The van der Waals surface area contributed by atoms with Gasteiger partial charge in [-0.05, 0) is 36.6 Å². The van der Waals surface area contributed by atoms with Crippen molar-refractivity contribution in [3.8, 4) is 0 Å². The number of amides is 2. The predicted octanol–water partition coefficient (Wildman–Crippen LogP) is 3.61. The van der Waals surface area contributed by atoms with Crippen LogP contribution in [0.3, 0.4) is 0 Å². The molecule has 0 spiro atoms. The maximum absolute atomic E-state index is 12.7. The molecule has 2 heterocycles. The third-order valence-electron chi connectivity index (χ3n) is 4.38. The van der Waals surface area contributed by atoms with E-state index in [0.717, 1.165) is 18.3 Å². The van der Waals surface area contributed by atoms with E-state index in [1.54, 1.807) is 35.5 Å². The van der Waals surface area contributed by atoms with Crippen LogP contribution in [0.4, 0.5) is 5.69 Å². The van der Waals surface area contributed by atoms with E-state index >= 15 is 0 Å². The van der Waals surface area contributed by atoms with Crippen molar-refractivity contribution >= 4 is 40.7 Å². The highest BCUT2D eigenvalue weighted by molar-refractivity contribution is 6.34. The number of nitrogens with zero attached hydrogens (tertiary/aromatic N) is 3. The minimum atomic E-state index is -0.359. The van der Waals surface area contributed by atoms with Crippen LogP contribution in [0.25, 0.3) is 0 Å². The van der Waals surface area contributed by atoms with Crippen molar-refractivity contribution in [3.63, 3.8) is 0 Å². The van der Waals surface area contributed by atoms with Crippen molar-refractivity contribution in [2.45, 2.75) is 12.8 Å². The summed E-state index contributed by atoms with van der Waals surface area (Å²) >= 11 is 12.0. The third-order valence-corrected chi connectivity index (χ3v) is 4.89. The van der Waals surface area contributed by atoms with E-state index in [0.29, 0.717) is 46.7 Å². The summed E-state index contributed by atoms with van der Waals surface area (Å²) in [5.41, 5.74) is 0.928. The summed E-state index contributed by atoms with van der Waals surface area (Å²) in [5.74, 6) is 0.585. The number of nitrogens with one attached hydrogen (secondary N) is 1. The number of carbonyl (C=O) groups is 2. The summed E-state index contributed by atoms with van der Waals surface area (Å²) in [5, 5.41) is 3.41. The Bertz CT molecular complexity index is 871. The Morgan fingerprint density at radius 2 is 2.04 bits per heavy atom. The van der Waals surface area contributed by atoms with Gasteiger partial charge < -0.3 is 10.2 Å². The van der Waals surface area contributed by atoms with Crippen LogP contribution in [0, 0.1) is 5.92 Å². The number of benzene rings is 1. The Labute approximate surface area is 167 Å². The molecular formula is C19H18Cl2N4O2. The second kappa shape index (κ2) is 8.50. The van der Waals surface area contributed by atoms with Crippen molar-refractivity contribution in [3.05, 3.63) is 64.7 Å². The second-order valence-corrected chi connectivity index (χ2v) is 7.16. The van der Waals surface area contributed by atoms with Gasteiger partial charge in [0.05, 0.1) is 15.7 Å². The number of aromatic nitrogens is 2. The topological polar surface area (TPSA) is 75.2 Å². The van der Waals surface area contributed by atoms with Crippen LogP contribution in [0.15, 0.2) is 43.2 Å². The summed E-state index contributed by atoms with van der Waals surface area (Å²) < 4.78 is 0. The van der Waals surface area contributed by atoms with Crippen molar-refractivity contribution < 1.29 is 9.59 Å². The molecule has 140 valence electrons. The lowest BCUT2D eigenvalue weighted by atomic mass is 10.0. The summed E-state index contributed by atoms with van der Waals surface area (Å²) in [6.07, 6.45) is 5.91. The van der Waals surface area contributed by atoms with Crippen LogP contribution in [-0.4, -0.2) is 39.8 Å². The minimum absolute atomic E-state index is 0.0852. The van der Waals surface area contributed by atoms with Gasteiger partial charge in [0.25, 0.3) is 5.91 Å². The molecule has 3 rings (SSSR count). The van der Waals surface area contributed by atoms with Gasteiger partial charge in [-0.3, -0.25) is 9.59 Å². The van der Waals surface area contributed by atoms with Crippen molar-refractivity contribution in [1.29, 1.82) is 0 Å². The van der Waals surface area contributed by atoms with Gasteiger partial charge in [-0.2, -0.15) is 0 Å². The van der Waals surface area contributed by atoms with E-state index in [4.69, 9.17) is 23.2 Å². The molecule has 1 fully saturated rings. The molecule has 8 heteroatoms. The maximum atomic E-state index is 12.7. The molecule has 0 bridgehead atoms. The first-order valence-corrected chi connectivity index (χ1v) is 9.20. The van der Waals surface area contributed by atoms with Gasteiger partial charge in [-0.25, -0.2) is 9.97 Å². The van der Waals surface area contributed by atoms with Crippen LogP contribution in [0.5, 0.6) is 0 Å². The van der Waals surface area contributed by atoms with E-state index in [-0.39, 0.29) is 11.8 Å². The van der Waals surface area contributed by atoms with E-state index in [2.05, 4.69) is 21.9 Å². The van der Waals surface area contributed by atoms with Gasteiger partial charge in [-0.1, -0.05) is 29.8 Å². The third kappa shape index (κ3) is 4.84. The van der Waals surface area contributed by atoms with Gasteiger partial charge in [-0.15, -0.1) is 0 Å². The molecule has 1 aromatic heterocycles. The fourth-order valence-electron chi connectivity index (χ4n) is 3.00. The molecule has 0 radical (unpaired) electrons. The van der Waals surface area contributed by atoms with Gasteiger partial charge >= 0.3 is 0 Å². The maximum Gasteiger partial charge on any atom is 0.253 e. The first-order valence-electron chi connectivity index (χ1n) is 8.45. The highest BCUT2D eigenvalue weighted by Crippen LogP contribution is 2.26. The van der Waals surface area contributed by atoms with Crippen LogP contribution in [0.1, 0.15) is 22.6 Å². The Hall–Kier alpha value is -2.44. The second-order valence-electron chi connectivity index (χ2n) is 6.32. The molecular weight excluding hydrogens is 387 g/mol. The molecule has 0 aliphatic carbocycles. The molecule has 2 aromatic rings. The molecule has 0 unspecified atom stereocenters. The summed E-state index contributed by atoms with van der Waals surface area (Å²) in [7, 11) is 0. The number of rotatable bonds is 5. The number of anilines is 1. The highest BCUT2D eigenvalue weighted by Gasteiger charge is 2.28. The molecule has 1 N–H and O–H groups in total. The Balaban J connectivity index is 1.62. The Morgan fingerprint density at radius 3 is 2.70 bits per heavy atom. The average Bonchev–Trinajstić information content (AvgIpc) is 3.13. The molecule has 6 nitrogen and oxygen atoms in total. The Morgan fingerprint density at radius 1 is 1.30 bits per heavy atom. The van der Waals surface area contributed by atoms with Crippen molar-refractivity contribution in [2.75, 3.05) is 18.4 Å². The first kappa shape index (κ1) is 19.3. The SMILES string of the molecule is C=CC(=O)Nc1ccc(C(=O)N2CC[C@@H](Cc3ncc(Cl)cn3)C2)cc1Cl. The van der Waals surface area contributed by atoms with Gasteiger partial charge in [0.15, 0.2) is 0 Å². The molecule has 0 saturated carbocycles. The average molecular weight is 405 g/mol. The summed E-state index contributed by atoms with van der Waals surface area (Å²) in [6, 6.07) is 4.84. The zero-order valence-electron chi connectivity index (χ0n) is 14.5. The van der Waals surface area contributed by atoms with E-state index in [1.807, 2.05) is 0 Å². The normalized spacial score (nSPS) is 16.2. The lowest BCUT2D eigenvalue weighted by molar-refractivity contribution is -0.111. The van der Waals surface area contributed by atoms with Crippen LogP contribution >= 0.6 is 23.2 Å². The summed E-state index contributed by atoms with van der Waals surface area (Å²) in [4.78, 5) is 34.4. The van der Waals surface area contributed by atoms with E-state index < -0.39 is 0 Å². The number of halogens is 2. The number of carbonyl (C=O) groups excluding carboxylic acids is 2. The zero-order valence-corrected chi connectivity index (χ0v) is 16.0. The molecule has 2 amide bonds. The lowest BCUT2D eigenvalue weighted by Gasteiger charge is -2.17. The van der Waals surface area contributed by atoms with E-state index in [1.165, 1.54) is 0 Å². The minimum Gasteiger partial charge on any atom is -0.338 e. The molecule has 1 aromatic carbocycles. The summed E-state index contributed by atoms with van der Waals surface area (Å²) in [6.45, 7) is 4.70. The molecule has 27 heavy (non-hydrogen) atoms. The van der Waals surface area contributed by atoms with Crippen molar-refractivity contribution in [1.82, 2.24) is 14.9 Å². The standard InChI is InChI=1S/C19H18Cl2N4O2/c1-2-18(26)24-16-4-3-13(8-15(16)21)19(27)25-6-5-12(11-25)7-17-22-9-14(20)10-23-17/h2-4,8-10,12H,1,5-7,11H2,(H,24,26)/t12-/m0/s1. The quantitative estimate of drug-likeness (QED) is 0.772. The molecule has 1 aliphatic heterocycles. The smallest absolute Gasteiger partial charge is 0.253 e. The van der Waals surface area contributed by atoms with Gasteiger partial charge in [0.2, 0.25) is 5.91 Å². The van der Waals surface area contributed by atoms with Crippen LogP contribution in [-0.2, 0) is 11.2 Å². The fourth-order valence-corrected chi connectivity index (χ4v) is 3.33. The molecule has 1 aliphatic rings. The van der Waals surface area contributed by atoms with E-state index in [9.17, 15) is 9.59 Å². The van der Waals surface area contributed by atoms with Crippen LogP contribution < -0.4 is 5.32 Å². The number of hydrogen-bond donors (Lipinski definition) is 1. The predicted molar refractivity (Wildman–Crippen MR) is 105 cm³/mol. The largest absolute Gasteiger partial charge is 0.338 e. The monoisotopic (exact) mass is 404 g/mol. The molecule has 1 atom stereocenters. The molecule has 1 saturated heterocycles. The number of likely N-dealkylation sites (tertiary alicyclic amines) is 1.